The van der Waals surface area contributed by atoms with Crippen LogP contribution in [0.15, 0.2) is 30.7 Å². The Labute approximate surface area is 156 Å². The molecule has 146 valence electrons. The normalized spacial score (nSPS) is 15.7. The van der Waals surface area contributed by atoms with Crippen LogP contribution in [0, 0.1) is 5.92 Å². The van der Waals surface area contributed by atoms with Crippen molar-refractivity contribution in [1.29, 1.82) is 0 Å². The van der Waals surface area contributed by atoms with Crippen molar-refractivity contribution in [3.63, 3.8) is 0 Å². The third kappa shape index (κ3) is 4.58. The zero-order valence-electron chi connectivity index (χ0n) is 15.3. The molecule has 2 aromatic rings. The van der Waals surface area contributed by atoms with E-state index < -0.39 is 11.7 Å². The van der Waals surface area contributed by atoms with Gasteiger partial charge in [0, 0.05) is 45.3 Å². The second-order valence-corrected chi connectivity index (χ2v) is 6.60. The largest absolute Gasteiger partial charge is 0.478 e. The highest BCUT2D eigenvalue weighted by molar-refractivity contribution is 5.47. The number of pyridine rings is 1. The van der Waals surface area contributed by atoms with Crippen molar-refractivity contribution in [1.82, 2.24) is 15.0 Å². The zero-order chi connectivity index (χ0) is 19.4. The van der Waals surface area contributed by atoms with Gasteiger partial charge in [0.15, 0.2) is 5.82 Å². The molecule has 9 heteroatoms. The number of nitrogens with zero attached hydrogens (tertiary/aromatic N) is 5. The lowest BCUT2D eigenvalue weighted by atomic mass is 9.96. The molecule has 0 unspecified atom stereocenters. The number of alkyl halides is 3. The standard InChI is InChI=1S/C18H22F3N5O/c1-25(16-17(27-2)23-8-7-22-16)12-13-5-9-26(10-6-13)15-4-3-14(11-24-15)18(19,20)21/h3-4,7-8,11,13H,5-6,9-10,12H2,1-2H3. The van der Waals surface area contributed by atoms with Gasteiger partial charge in [-0.15, -0.1) is 0 Å². The monoisotopic (exact) mass is 381 g/mol. The Morgan fingerprint density at radius 1 is 1.15 bits per heavy atom. The summed E-state index contributed by atoms with van der Waals surface area (Å²) in [5.41, 5.74) is -0.722. The van der Waals surface area contributed by atoms with E-state index in [1.54, 1.807) is 19.5 Å². The molecule has 0 radical (unpaired) electrons. The molecule has 0 atom stereocenters. The van der Waals surface area contributed by atoms with Crippen LogP contribution in [0.2, 0.25) is 0 Å². The number of hydrogen-bond acceptors (Lipinski definition) is 6. The SMILES string of the molecule is COc1nccnc1N(C)CC1CCN(c2ccc(C(F)(F)F)cn2)CC1. The van der Waals surface area contributed by atoms with Gasteiger partial charge in [0.1, 0.15) is 5.82 Å². The Morgan fingerprint density at radius 3 is 2.44 bits per heavy atom. The molecule has 0 N–H and O–H groups in total. The fourth-order valence-corrected chi connectivity index (χ4v) is 3.28. The molecule has 0 saturated carbocycles. The molecule has 0 bridgehead atoms. The van der Waals surface area contributed by atoms with Crippen LogP contribution in [0.4, 0.5) is 24.8 Å². The first kappa shape index (κ1) is 19.2. The van der Waals surface area contributed by atoms with E-state index in [4.69, 9.17) is 4.74 Å². The molecule has 2 aromatic heterocycles. The molecule has 0 spiro atoms. The van der Waals surface area contributed by atoms with Gasteiger partial charge in [0.2, 0.25) is 0 Å². The molecule has 1 aliphatic rings. The summed E-state index contributed by atoms with van der Waals surface area (Å²) in [6.07, 6.45) is 1.62. The Kier molecular flexibility index (Phi) is 5.67. The van der Waals surface area contributed by atoms with E-state index in [0.717, 1.165) is 44.7 Å². The van der Waals surface area contributed by atoms with Gasteiger partial charge < -0.3 is 14.5 Å². The fraction of sp³-hybridized carbons (Fsp3) is 0.500. The maximum absolute atomic E-state index is 12.7. The average Bonchev–Trinajstić information content (AvgIpc) is 2.68. The third-order valence-electron chi connectivity index (χ3n) is 4.75. The van der Waals surface area contributed by atoms with Crippen LogP contribution < -0.4 is 14.5 Å². The van der Waals surface area contributed by atoms with Crippen LogP contribution in [0.5, 0.6) is 5.88 Å². The van der Waals surface area contributed by atoms with Crippen molar-refractivity contribution in [2.24, 2.45) is 5.92 Å². The van der Waals surface area contributed by atoms with Gasteiger partial charge in [-0.25, -0.2) is 15.0 Å². The van der Waals surface area contributed by atoms with Gasteiger partial charge in [-0.1, -0.05) is 0 Å². The molecular formula is C18H22F3N5O. The summed E-state index contributed by atoms with van der Waals surface area (Å²) < 4.78 is 43.2. The smallest absolute Gasteiger partial charge is 0.417 e. The maximum Gasteiger partial charge on any atom is 0.417 e. The van der Waals surface area contributed by atoms with Gasteiger partial charge >= 0.3 is 6.18 Å². The van der Waals surface area contributed by atoms with E-state index in [0.29, 0.717) is 23.4 Å². The predicted molar refractivity (Wildman–Crippen MR) is 96.0 cm³/mol. The predicted octanol–water partition coefficient (Wildman–Crippen LogP) is 3.25. The molecule has 3 rings (SSSR count). The Bertz CT molecular complexity index is 745. The van der Waals surface area contributed by atoms with Crippen LogP contribution in [-0.4, -0.2) is 48.7 Å². The van der Waals surface area contributed by atoms with Crippen LogP contribution in [0.25, 0.3) is 0 Å². The second-order valence-electron chi connectivity index (χ2n) is 6.60. The van der Waals surface area contributed by atoms with Gasteiger partial charge in [0.25, 0.3) is 5.88 Å². The van der Waals surface area contributed by atoms with Crippen LogP contribution in [-0.2, 0) is 6.18 Å². The topological polar surface area (TPSA) is 54.4 Å². The molecule has 6 nitrogen and oxygen atoms in total. The van der Waals surface area contributed by atoms with Crippen molar-refractivity contribution in [3.05, 3.63) is 36.3 Å². The molecule has 3 heterocycles. The minimum atomic E-state index is -4.36. The van der Waals surface area contributed by atoms with E-state index in [1.165, 1.54) is 6.07 Å². The van der Waals surface area contributed by atoms with Crippen molar-refractivity contribution >= 4 is 11.6 Å². The quantitative estimate of drug-likeness (QED) is 0.793. The third-order valence-corrected chi connectivity index (χ3v) is 4.75. The summed E-state index contributed by atoms with van der Waals surface area (Å²) in [6.45, 7) is 2.33. The number of halogens is 3. The van der Waals surface area contributed by atoms with Crippen molar-refractivity contribution in [2.75, 3.05) is 43.6 Å². The van der Waals surface area contributed by atoms with Crippen molar-refractivity contribution in [2.45, 2.75) is 19.0 Å². The van der Waals surface area contributed by atoms with E-state index in [1.807, 2.05) is 16.8 Å². The summed E-state index contributed by atoms with van der Waals surface area (Å²) in [7, 11) is 3.52. The Hall–Kier alpha value is -2.58. The molecule has 0 amide bonds. The number of rotatable bonds is 5. The van der Waals surface area contributed by atoms with Crippen molar-refractivity contribution in [3.8, 4) is 5.88 Å². The number of aromatic nitrogens is 3. The van der Waals surface area contributed by atoms with Gasteiger partial charge in [-0.05, 0) is 30.9 Å². The first-order valence-electron chi connectivity index (χ1n) is 8.73. The lowest BCUT2D eigenvalue weighted by molar-refractivity contribution is -0.137. The molecule has 0 aliphatic carbocycles. The summed E-state index contributed by atoms with van der Waals surface area (Å²) in [5.74, 6) is 2.23. The molecule has 1 saturated heterocycles. The Morgan fingerprint density at radius 2 is 1.85 bits per heavy atom. The maximum atomic E-state index is 12.7. The lowest BCUT2D eigenvalue weighted by Gasteiger charge is -2.35. The van der Waals surface area contributed by atoms with Gasteiger partial charge in [0.05, 0.1) is 12.7 Å². The minimum Gasteiger partial charge on any atom is -0.478 e. The average molecular weight is 381 g/mol. The molecule has 1 fully saturated rings. The summed E-state index contributed by atoms with van der Waals surface area (Å²) in [4.78, 5) is 16.5. The number of piperidine rings is 1. The summed E-state index contributed by atoms with van der Waals surface area (Å²) in [6, 6.07) is 2.53. The van der Waals surface area contributed by atoms with Crippen molar-refractivity contribution < 1.29 is 17.9 Å². The summed E-state index contributed by atoms with van der Waals surface area (Å²) in [5, 5.41) is 0. The molecule has 27 heavy (non-hydrogen) atoms. The first-order chi connectivity index (χ1) is 12.9. The lowest BCUT2D eigenvalue weighted by Crippen LogP contribution is -2.38. The van der Waals surface area contributed by atoms with Gasteiger partial charge in [-0.3, -0.25) is 0 Å². The van der Waals surface area contributed by atoms with E-state index >= 15 is 0 Å². The number of hydrogen-bond donors (Lipinski definition) is 0. The number of anilines is 2. The second kappa shape index (κ2) is 7.98. The highest BCUT2D eigenvalue weighted by Gasteiger charge is 2.31. The summed E-state index contributed by atoms with van der Waals surface area (Å²) >= 11 is 0. The minimum absolute atomic E-state index is 0.451. The zero-order valence-corrected chi connectivity index (χ0v) is 15.3. The first-order valence-corrected chi connectivity index (χ1v) is 8.73. The molecule has 1 aliphatic heterocycles. The Balaban J connectivity index is 1.56. The number of methoxy groups -OCH3 is 1. The van der Waals surface area contributed by atoms with Crippen LogP contribution in [0.3, 0.4) is 0 Å². The molecular weight excluding hydrogens is 359 g/mol. The van der Waals surface area contributed by atoms with Crippen LogP contribution in [0.1, 0.15) is 18.4 Å². The van der Waals surface area contributed by atoms with Crippen LogP contribution >= 0.6 is 0 Å². The number of ether oxygens (including phenoxy) is 1. The van der Waals surface area contributed by atoms with E-state index in [9.17, 15) is 13.2 Å². The highest BCUT2D eigenvalue weighted by atomic mass is 19.4. The van der Waals surface area contributed by atoms with E-state index in [2.05, 4.69) is 15.0 Å². The highest BCUT2D eigenvalue weighted by Crippen LogP contribution is 2.30. The van der Waals surface area contributed by atoms with E-state index in [-0.39, 0.29) is 0 Å². The molecule has 0 aromatic carbocycles. The van der Waals surface area contributed by atoms with Gasteiger partial charge in [-0.2, -0.15) is 13.2 Å². The fourth-order valence-electron chi connectivity index (χ4n) is 3.28.